The van der Waals surface area contributed by atoms with Gasteiger partial charge in [-0.25, -0.2) is 13.2 Å². The van der Waals surface area contributed by atoms with Crippen molar-refractivity contribution in [2.75, 3.05) is 26.3 Å². The average Bonchev–Trinajstić information content (AvgIpc) is 3.05. The second-order valence-corrected chi connectivity index (χ2v) is 10.1. The third kappa shape index (κ3) is 4.01. The summed E-state index contributed by atoms with van der Waals surface area (Å²) in [6.45, 7) is 3.08. The third-order valence-corrected chi connectivity index (χ3v) is 8.04. The summed E-state index contributed by atoms with van der Waals surface area (Å²) in [5, 5.41) is 3.36. The molecule has 0 saturated carbocycles. The van der Waals surface area contributed by atoms with Crippen LogP contribution in [0.5, 0.6) is 0 Å². The molecule has 2 aromatic carbocycles. The Bertz CT molecular complexity index is 1130. The molecule has 0 aliphatic carbocycles. The SMILES string of the molecule is CC[C@@]1(c2ccc(Cl)cc2)NC(=O)N(Cc2cccc(S(=O)(=O)N3CCOCC3)c2)C1=O. The van der Waals surface area contributed by atoms with Crippen LogP contribution in [0.4, 0.5) is 4.79 Å². The Kier molecular flexibility index (Phi) is 6.26. The highest BCUT2D eigenvalue weighted by Crippen LogP contribution is 2.34. The van der Waals surface area contributed by atoms with Crippen LogP contribution in [-0.2, 0) is 31.6 Å². The van der Waals surface area contributed by atoms with Gasteiger partial charge in [0.1, 0.15) is 5.54 Å². The summed E-state index contributed by atoms with van der Waals surface area (Å²) < 4.78 is 32.6. The van der Waals surface area contributed by atoms with Crippen LogP contribution >= 0.6 is 11.6 Å². The van der Waals surface area contributed by atoms with Crippen molar-refractivity contribution in [2.45, 2.75) is 30.3 Å². The summed E-state index contributed by atoms with van der Waals surface area (Å²) in [5.74, 6) is -0.381. The lowest BCUT2D eigenvalue weighted by Crippen LogP contribution is -2.43. The Labute approximate surface area is 192 Å². The zero-order valence-electron chi connectivity index (χ0n) is 17.6. The molecule has 0 radical (unpaired) electrons. The lowest BCUT2D eigenvalue weighted by molar-refractivity contribution is -0.132. The van der Waals surface area contributed by atoms with Gasteiger partial charge in [0, 0.05) is 18.1 Å². The van der Waals surface area contributed by atoms with Crippen molar-refractivity contribution in [1.29, 1.82) is 0 Å². The van der Waals surface area contributed by atoms with Crippen LogP contribution < -0.4 is 5.32 Å². The molecular formula is C22H24ClN3O5S. The maximum absolute atomic E-state index is 13.4. The molecule has 0 spiro atoms. The van der Waals surface area contributed by atoms with Crippen molar-refractivity contribution in [3.63, 3.8) is 0 Å². The second kappa shape index (κ2) is 8.82. The Morgan fingerprint density at radius 3 is 2.44 bits per heavy atom. The monoisotopic (exact) mass is 477 g/mol. The molecule has 2 heterocycles. The van der Waals surface area contributed by atoms with Crippen molar-refractivity contribution in [3.05, 3.63) is 64.7 Å². The van der Waals surface area contributed by atoms with Crippen molar-refractivity contribution < 1.29 is 22.7 Å². The zero-order chi connectivity index (χ0) is 22.9. The summed E-state index contributed by atoms with van der Waals surface area (Å²) in [6, 6.07) is 12.6. The third-order valence-electron chi connectivity index (χ3n) is 5.89. The molecule has 32 heavy (non-hydrogen) atoms. The summed E-state index contributed by atoms with van der Waals surface area (Å²) in [6.07, 6.45) is 0.362. The van der Waals surface area contributed by atoms with Gasteiger partial charge in [-0.2, -0.15) is 4.31 Å². The predicted octanol–water partition coefficient (Wildman–Crippen LogP) is 2.72. The van der Waals surface area contributed by atoms with E-state index in [-0.39, 0.29) is 17.3 Å². The number of rotatable bonds is 6. The van der Waals surface area contributed by atoms with E-state index in [2.05, 4.69) is 5.32 Å². The highest BCUT2D eigenvalue weighted by molar-refractivity contribution is 7.89. The molecule has 170 valence electrons. The number of imide groups is 1. The Morgan fingerprint density at radius 1 is 1.09 bits per heavy atom. The number of carbonyl (C=O) groups is 2. The van der Waals surface area contributed by atoms with Crippen molar-refractivity contribution in [3.8, 4) is 0 Å². The second-order valence-electron chi connectivity index (χ2n) is 7.75. The van der Waals surface area contributed by atoms with Gasteiger partial charge in [-0.3, -0.25) is 9.69 Å². The van der Waals surface area contributed by atoms with Gasteiger partial charge in [0.2, 0.25) is 10.0 Å². The molecule has 8 nitrogen and oxygen atoms in total. The number of nitrogens with one attached hydrogen (secondary N) is 1. The van der Waals surface area contributed by atoms with Crippen LogP contribution in [0, 0.1) is 0 Å². The van der Waals surface area contributed by atoms with Crippen LogP contribution in [-0.4, -0.2) is 55.9 Å². The van der Waals surface area contributed by atoms with Gasteiger partial charge in [0.15, 0.2) is 0 Å². The molecule has 4 rings (SSSR count). The average molecular weight is 478 g/mol. The van der Waals surface area contributed by atoms with Gasteiger partial charge in [-0.15, -0.1) is 0 Å². The number of benzene rings is 2. The summed E-state index contributed by atoms with van der Waals surface area (Å²) >= 11 is 5.97. The minimum absolute atomic E-state index is 0.0352. The van der Waals surface area contributed by atoms with Crippen LogP contribution in [0.15, 0.2) is 53.4 Å². The first kappa shape index (κ1) is 22.7. The van der Waals surface area contributed by atoms with Crippen molar-refractivity contribution >= 4 is 33.6 Å². The van der Waals surface area contributed by atoms with Gasteiger partial charge >= 0.3 is 6.03 Å². The molecule has 2 aromatic rings. The molecule has 2 aliphatic rings. The smallest absolute Gasteiger partial charge is 0.325 e. The van der Waals surface area contributed by atoms with Crippen LogP contribution in [0.25, 0.3) is 0 Å². The van der Waals surface area contributed by atoms with Gasteiger partial charge in [0.05, 0.1) is 24.7 Å². The minimum Gasteiger partial charge on any atom is -0.379 e. The number of hydrogen-bond donors (Lipinski definition) is 1. The molecule has 0 aromatic heterocycles. The minimum atomic E-state index is -3.68. The van der Waals surface area contributed by atoms with E-state index in [0.717, 1.165) is 4.90 Å². The number of hydrogen-bond acceptors (Lipinski definition) is 5. The maximum atomic E-state index is 13.4. The summed E-state index contributed by atoms with van der Waals surface area (Å²) in [5.41, 5.74) is 0.0128. The lowest BCUT2D eigenvalue weighted by Gasteiger charge is -2.26. The van der Waals surface area contributed by atoms with E-state index in [0.29, 0.717) is 48.9 Å². The first-order valence-electron chi connectivity index (χ1n) is 10.3. The number of halogens is 1. The maximum Gasteiger partial charge on any atom is 0.325 e. The lowest BCUT2D eigenvalue weighted by atomic mass is 9.87. The number of urea groups is 1. The first-order valence-corrected chi connectivity index (χ1v) is 12.2. The molecule has 2 fully saturated rings. The fourth-order valence-corrected chi connectivity index (χ4v) is 5.67. The van der Waals surface area contributed by atoms with Crippen LogP contribution in [0.1, 0.15) is 24.5 Å². The number of ether oxygens (including phenoxy) is 1. The highest BCUT2D eigenvalue weighted by Gasteiger charge is 2.51. The highest BCUT2D eigenvalue weighted by atomic mass is 35.5. The predicted molar refractivity (Wildman–Crippen MR) is 119 cm³/mol. The fraction of sp³-hybridized carbons (Fsp3) is 0.364. The Balaban J connectivity index is 1.59. The normalized spacial score (nSPS) is 22.2. The number of sulfonamides is 1. The standard InChI is InChI=1S/C22H24ClN3O5S/c1-2-22(17-6-8-18(23)9-7-17)20(27)26(21(28)24-22)15-16-4-3-5-19(14-16)32(29,30)25-10-12-31-13-11-25/h3-9,14H,2,10-13,15H2,1H3,(H,24,28)/t22-/m0/s1. The van der Waals surface area contributed by atoms with E-state index >= 15 is 0 Å². The number of morpholine rings is 1. The van der Waals surface area contributed by atoms with Gasteiger partial charge in [-0.05, 0) is 41.8 Å². The van der Waals surface area contributed by atoms with Gasteiger partial charge < -0.3 is 10.1 Å². The molecule has 1 N–H and O–H groups in total. The van der Waals surface area contributed by atoms with E-state index in [9.17, 15) is 18.0 Å². The first-order chi connectivity index (χ1) is 15.3. The molecule has 0 bridgehead atoms. The van der Waals surface area contributed by atoms with Crippen LogP contribution in [0.2, 0.25) is 5.02 Å². The van der Waals surface area contributed by atoms with E-state index in [1.165, 1.54) is 16.4 Å². The van der Waals surface area contributed by atoms with E-state index in [1.807, 2.05) is 6.92 Å². The number of carbonyl (C=O) groups excluding carboxylic acids is 2. The van der Waals surface area contributed by atoms with Gasteiger partial charge in [0.25, 0.3) is 5.91 Å². The largest absolute Gasteiger partial charge is 0.379 e. The molecule has 2 saturated heterocycles. The van der Waals surface area contributed by atoms with Crippen LogP contribution in [0.3, 0.4) is 0 Å². The van der Waals surface area contributed by atoms with E-state index < -0.39 is 21.6 Å². The molecule has 10 heteroatoms. The van der Waals surface area contributed by atoms with E-state index in [4.69, 9.17) is 16.3 Å². The van der Waals surface area contributed by atoms with E-state index in [1.54, 1.807) is 36.4 Å². The van der Waals surface area contributed by atoms with Crippen molar-refractivity contribution in [1.82, 2.24) is 14.5 Å². The molecule has 0 unspecified atom stereocenters. The quantitative estimate of drug-likeness (QED) is 0.645. The molecule has 1 atom stereocenters. The topological polar surface area (TPSA) is 96.0 Å². The number of amides is 3. The Morgan fingerprint density at radius 2 is 1.78 bits per heavy atom. The fourth-order valence-electron chi connectivity index (χ4n) is 4.07. The Hall–Kier alpha value is -2.46. The zero-order valence-corrected chi connectivity index (χ0v) is 19.2. The molecular weight excluding hydrogens is 454 g/mol. The van der Waals surface area contributed by atoms with Gasteiger partial charge in [-0.1, -0.05) is 42.8 Å². The molecule has 2 aliphatic heterocycles. The summed E-state index contributed by atoms with van der Waals surface area (Å²) in [7, 11) is -3.68. The number of nitrogens with zero attached hydrogens (tertiary/aromatic N) is 2. The van der Waals surface area contributed by atoms with Crippen molar-refractivity contribution in [2.24, 2.45) is 0 Å². The summed E-state index contributed by atoms with van der Waals surface area (Å²) in [4.78, 5) is 27.4. The molecule has 3 amide bonds.